The van der Waals surface area contributed by atoms with Gasteiger partial charge in [0, 0.05) is 19.3 Å². The van der Waals surface area contributed by atoms with Gasteiger partial charge in [0.05, 0.1) is 13.0 Å². The number of carbonyl (C=O) groups excluding carboxylic acids is 1. The molecule has 1 aliphatic rings. The molecule has 2 aromatic rings. The topological polar surface area (TPSA) is 68.5 Å². The molecular formula is C17H19N3O2. The summed E-state index contributed by atoms with van der Waals surface area (Å²) in [6.45, 7) is 1.77. The lowest BCUT2D eigenvalue weighted by molar-refractivity contribution is -0.132. The molecule has 5 heteroatoms. The minimum atomic E-state index is 0.108. The predicted octanol–water partition coefficient (Wildman–Crippen LogP) is 2.02. The van der Waals surface area contributed by atoms with Crippen LogP contribution in [0.15, 0.2) is 42.6 Å². The van der Waals surface area contributed by atoms with Crippen molar-refractivity contribution in [3.05, 3.63) is 53.7 Å². The first-order chi connectivity index (χ1) is 10.7. The summed E-state index contributed by atoms with van der Waals surface area (Å²) in [6.07, 6.45) is 2.87. The van der Waals surface area contributed by atoms with Gasteiger partial charge in [-0.3, -0.25) is 4.79 Å². The molecule has 0 unspecified atom stereocenters. The average molecular weight is 297 g/mol. The second-order valence-corrected chi connectivity index (χ2v) is 5.32. The van der Waals surface area contributed by atoms with Gasteiger partial charge in [0.1, 0.15) is 0 Å². The average Bonchev–Trinajstić information content (AvgIpc) is 2.56. The Morgan fingerprint density at radius 1 is 1.23 bits per heavy atom. The lowest BCUT2D eigenvalue weighted by Crippen LogP contribution is -2.36. The molecule has 0 saturated carbocycles. The number of nitrogens with zero attached hydrogens (tertiary/aromatic N) is 2. The highest BCUT2D eigenvalue weighted by atomic mass is 16.5. The second-order valence-electron chi connectivity index (χ2n) is 5.32. The number of aromatic nitrogens is 1. The molecule has 1 aromatic carbocycles. The monoisotopic (exact) mass is 297 g/mol. The van der Waals surface area contributed by atoms with Crippen LogP contribution < -0.4 is 10.5 Å². The zero-order valence-electron chi connectivity index (χ0n) is 12.4. The van der Waals surface area contributed by atoms with Crippen LogP contribution >= 0.6 is 0 Å². The van der Waals surface area contributed by atoms with Crippen molar-refractivity contribution in [3.8, 4) is 5.75 Å². The third kappa shape index (κ3) is 3.19. The van der Waals surface area contributed by atoms with Crippen LogP contribution in [0.2, 0.25) is 0 Å². The summed E-state index contributed by atoms with van der Waals surface area (Å²) in [5, 5.41) is 0. The number of pyridine rings is 1. The highest BCUT2D eigenvalue weighted by Gasteiger charge is 2.20. The van der Waals surface area contributed by atoms with Crippen LogP contribution in [-0.4, -0.2) is 28.9 Å². The van der Waals surface area contributed by atoms with E-state index in [1.54, 1.807) is 18.3 Å². The van der Waals surface area contributed by atoms with E-state index in [-0.39, 0.29) is 5.91 Å². The fraction of sp³-hybridized carbons (Fsp3) is 0.294. The standard InChI is InChI=1S/C17H19N3O2/c18-17-15(6-3-9-19-17)22-11-8-16(21)20-10-7-13-4-1-2-5-14(13)12-20/h1-6,9H,7-8,10-12H2,(H2,18,19). The van der Waals surface area contributed by atoms with Gasteiger partial charge in [0.15, 0.2) is 11.6 Å². The molecule has 22 heavy (non-hydrogen) atoms. The van der Waals surface area contributed by atoms with Gasteiger partial charge in [0.25, 0.3) is 0 Å². The van der Waals surface area contributed by atoms with E-state index in [1.807, 2.05) is 17.0 Å². The van der Waals surface area contributed by atoms with Gasteiger partial charge in [-0.15, -0.1) is 0 Å². The molecule has 0 fully saturated rings. The first-order valence-corrected chi connectivity index (χ1v) is 7.42. The fourth-order valence-corrected chi connectivity index (χ4v) is 2.64. The van der Waals surface area contributed by atoms with E-state index in [0.29, 0.717) is 31.1 Å². The SMILES string of the molecule is Nc1ncccc1OCCC(=O)N1CCc2ccccc2C1. The van der Waals surface area contributed by atoms with Crippen molar-refractivity contribution in [3.63, 3.8) is 0 Å². The third-order valence-electron chi connectivity index (χ3n) is 3.86. The van der Waals surface area contributed by atoms with Crippen molar-refractivity contribution in [2.24, 2.45) is 0 Å². The Kier molecular flexibility index (Phi) is 4.23. The third-order valence-corrected chi connectivity index (χ3v) is 3.86. The Balaban J connectivity index is 1.52. The van der Waals surface area contributed by atoms with Crippen LogP contribution in [0.5, 0.6) is 5.75 Å². The summed E-state index contributed by atoms with van der Waals surface area (Å²) in [7, 11) is 0. The summed E-state index contributed by atoms with van der Waals surface area (Å²) in [5.74, 6) is 0.984. The second kappa shape index (κ2) is 6.47. The molecule has 1 aromatic heterocycles. The lowest BCUT2D eigenvalue weighted by atomic mass is 10.00. The van der Waals surface area contributed by atoms with Crippen LogP contribution in [-0.2, 0) is 17.8 Å². The lowest BCUT2D eigenvalue weighted by Gasteiger charge is -2.29. The van der Waals surface area contributed by atoms with E-state index < -0.39 is 0 Å². The number of anilines is 1. The molecule has 2 heterocycles. The minimum Gasteiger partial charge on any atom is -0.489 e. The van der Waals surface area contributed by atoms with Crippen LogP contribution in [0.4, 0.5) is 5.82 Å². The van der Waals surface area contributed by atoms with E-state index in [9.17, 15) is 4.79 Å². The van der Waals surface area contributed by atoms with Crippen molar-refractivity contribution in [2.75, 3.05) is 18.9 Å². The largest absolute Gasteiger partial charge is 0.489 e. The molecule has 0 spiro atoms. The molecule has 0 bridgehead atoms. The number of carbonyl (C=O) groups is 1. The molecule has 114 valence electrons. The minimum absolute atomic E-state index is 0.108. The summed E-state index contributed by atoms with van der Waals surface area (Å²) < 4.78 is 5.53. The molecule has 0 aliphatic carbocycles. The van der Waals surface area contributed by atoms with E-state index in [2.05, 4.69) is 17.1 Å². The van der Waals surface area contributed by atoms with Gasteiger partial charge in [0.2, 0.25) is 5.91 Å². The molecule has 0 atom stereocenters. The molecule has 1 aliphatic heterocycles. The van der Waals surface area contributed by atoms with E-state index >= 15 is 0 Å². The van der Waals surface area contributed by atoms with Crippen LogP contribution in [0.1, 0.15) is 17.5 Å². The Hall–Kier alpha value is -2.56. The van der Waals surface area contributed by atoms with Crippen LogP contribution in [0.3, 0.4) is 0 Å². The number of amides is 1. The smallest absolute Gasteiger partial charge is 0.226 e. The summed E-state index contributed by atoms with van der Waals surface area (Å²) >= 11 is 0. The Labute approximate surface area is 129 Å². The zero-order valence-corrected chi connectivity index (χ0v) is 12.4. The van der Waals surface area contributed by atoms with E-state index in [1.165, 1.54) is 11.1 Å². The molecule has 0 radical (unpaired) electrons. The number of fused-ring (bicyclic) bond motifs is 1. The summed E-state index contributed by atoms with van der Waals surface area (Å²) in [4.78, 5) is 18.1. The van der Waals surface area contributed by atoms with E-state index in [0.717, 1.165) is 13.0 Å². The number of rotatable bonds is 4. The molecule has 2 N–H and O–H groups in total. The van der Waals surface area contributed by atoms with Gasteiger partial charge in [-0.25, -0.2) is 4.98 Å². The van der Waals surface area contributed by atoms with Gasteiger partial charge in [-0.05, 0) is 29.7 Å². The Morgan fingerprint density at radius 3 is 2.86 bits per heavy atom. The molecule has 0 saturated heterocycles. The summed E-state index contributed by atoms with van der Waals surface area (Å²) in [5.41, 5.74) is 8.28. The number of hydrogen-bond acceptors (Lipinski definition) is 4. The van der Waals surface area contributed by atoms with Crippen molar-refractivity contribution < 1.29 is 9.53 Å². The number of ether oxygens (including phenoxy) is 1. The fourth-order valence-electron chi connectivity index (χ4n) is 2.64. The van der Waals surface area contributed by atoms with Crippen molar-refractivity contribution >= 4 is 11.7 Å². The molecule has 3 rings (SSSR count). The van der Waals surface area contributed by atoms with Crippen LogP contribution in [0.25, 0.3) is 0 Å². The van der Waals surface area contributed by atoms with Gasteiger partial charge < -0.3 is 15.4 Å². The maximum Gasteiger partial charge on any atom is 0.226 e. The van der Waals surface area contributed by atoms with Gasteiger partial charge in [-0.2, -0.15) is 0 Å². The highest BCUT2D eigenvalue weighted by molar-refractivity contribution is 5.76. The predicted molar refractivity (Wildman–Crippen MR) is 84.3 cm³/mol. The Morgan fingerprint density at radius 2 is 2.05 bits per heavy atom. The summed E-state index contributed by atoms with van der Waals surface area (Å²) in [6, 6.07) is 11.8. The molecule has 1 amide bonds. The first kappa shape index (κ1) is 14.4. The molecular weight excluding hydrogens is 278 g/mol. The highest BCUT2D eigenvalue weighted by Crippen LogP contribution is 2.20. The number of nitrogens with two attached hydrogens (primary N) is 1. The van der Waals surface area contributed by atoms with Crippen molar-refractivity contribution in [1.29, 1.82) is 0 Å². The van der Waals surface area contributed by atoms with Crippen LogP contribution in [0, 0.1) is 0 Å². The maximum atomic E-state index is 12.3. The van der Waals surface area contributed by atoms with Crippen molar-refractivity contribution in [1.82, 2.24) is 9.88 Å². The number of benzene rings is 1. The quantitative estimate of drug-likeness (QED) is 0.937. The maximum absolute atomic E-state index is 12.3. The van der Waals surface area contributed by atoms with Crippen molar-refractivity contribution in [2.45, 2.75) is 19.4 Å². The van der Waals surface area contributed by atoms with E-state index in [4.69, 9.17) is 10.5 Å². The van der Waals surface area contributed by atoms with Gasteiger partial charge in [-0.1, -0.05) is 24.3 Å². The molecule has 5 nitrogen and oxygen atoms in total. The normalized spacial score (nSPS) is 13.5. The Bertz CT molecular complexity index is 672. The zero-order chi connectivity index (χ0) is 15.4. The van der Waals surface area contributed by atoms with Gasteiger partial charge >= 0.3 is 0 Å². The number of nitrogen functional groups attached to an aromatic ring is 1. The first-order valence-electron chi connectivity index (χ1n) is 7.42. The number of hydrogen-bond donors (Lipinski definition) is 1.